The largest absolute Gasteiger partial charge is 0.345 e. The zero-order chi connectivity index (χ0) is 18.2. The smallest absolute Gasteiger partial charge is 0.237 e. The van der Waals surface area contributed by atoms with E-state index < -0.39 is 15.6 Å². The summed E-state index contributed by atoms with van der Waals surface area (Å²) in [5.41, 5.74) is 7.07. The Kier molecular flexibility index (Phi) is 11.0. The number of hydrogen-bond acceptors (Lipinski definition) is 4. The van der Waals surface area contributed by atoms with Gasteiger partial charge < -0.3 is 10.6 Å². The first-order valence-electron chi connectivity index (χ1n) is 8.45. The first-order valence-corrected chi connectivity index (χ1v) is 10.3. The van der Waals surface area contributed by atoms with E-state index in [1.807, 2.05) is 44.2 Å². The van der Waals surface area contributed by atoms with Crippen molar-refractivity contribution in [1.29, 1.82) is 0 Å². The standard InChI is InChI=1S/C18H30N2O3S.ClH/c1-15(2)17(19)11-12-20(3)18(21)14-24(22,23)13-7-10-16-8-5-4-6-9-16;/h4-6,8-9,15,17H,7,10-14,19H2,1-3H3;1H. The van der Waals surface area contributed by atoms with Crippen LogP contribution < -0.4 is 5.73 Å². The summed E-state index contributed by atoms with van der Waals surface area (Å²) < 4.78 is 24.2. The third-order valence-electron chi connectivity index (χ3n) is 4.19. The monoisotopic (exact) mass is 390 g/mol. The molecule has 7 heteroatoms. The van der Waals surface area contributed by atoms with Crippen LogP contribution in [-0.2, 0) is 21.1 Å². The maximum atomic E-state index is 12.1. The Morgan fingerprint density at radius 1 is 1.20 bits per heavy atom. The van der Waals surface area contributed by atoms with E-state index in [1.165, 1.54) is 4.90 Å². The fourth-order valence-corrected chi connectivity index (χ4v) is 3.64. The molecular weight excluding hydrogens is 360 g/mol. The summed E-state index contributed by atoms with van der Waals surface area (Å²) in [6, 6.07) is 9.77. The molecule has 0 spiro atoms. The number of benzene rings is 1. The van der Waals surface area contributed by atoms with Gasteiger partial charge in [0.15, 0.2) is 9.84 Å². The lowest BCUT2D eigenvalue weighted by atomic mass is 10.0. The third kappa shape index (κ3) is 9.82. The van der Waals surface area contributed by atoms with Crippen LogP contribution in [0.3, 0.4) is 0 Å². The second-order valence-corrected chi connectivity index (χ2v) is 8.88. The lowest BCUT2D eigenvalue weighted by Gasteiger charge is -2.21. The van der Waals surface area contributed by atoms with Crippen LogP contribution >= 0.6 is 12.4 Å². The van der Waals surface area contributed by atoms with Crippen molar-refractivity contribution in [1.82, 2.24) is 4.90 Å². The Morgan fingerprint density at radius 2 is 1.80 bits per heavy atom. The van der Waals surface area contributed by atoms with Crippen LogP contribution in [0.25, 0.3) is 0 Å². The summed E-state index contributed by atoms with van der Waals surface area (Å²) in [7, 11) is -1.74. The fraction of sp³-hybridized carbons (Fsp3) is 0.611. The summed E-state index contributed by atoms with van der Waals surface area (Å²) in [6.07, 6.45) is 1.91. The van der Waals surface area contributed by atoms with Gasteiger partial charge >= 0.3 is 0 Å². The molecule has 0 aliphatic heterocycles. The Bertz CT molecular complexity index is 606. The van der Waals surface area contributed by atoms with E-state index >= 15 is 0 Å². The Morgan fingerprint density at radius 3 is 2.36 bits per heavy atom. The van der Waals surface area contributed by atoms with E-state index in [-0.39, 0.29) is 30.1 Å². The van der Waals surface area contributed by atoms with Crippen molar-refractivity contribution in [2.75, 3.05) is 25.1 Å². The highest BCUT2D eigenvalue weighted by Crippen LogP contribution is 2.07. The zero-order valence-corrected chi connectivity index (χ0v) is 17.0. The van der Waals surface area contributed by atoms with Crippen molar-refractivity contribution in [3.8, 4) is 0 Å². The summed E-state index contributed by atoms with van der Waals surface area (Å²) >= 11 is 0. The van der Waals surface area contributed by atoms with Gasteiger partial charge in [-0.1, -0.05) is 44.2 Å². The van der Waals surface area contributed by atoms with Gasteiger partial charge in [-0.05, 0) is 30.7 Å². The molecule has 144 valence electrons. The van der Waals surface area contributed by atoms with Gasteiger partial charge in [-0.2, -0.15) is 0 Å². The van der Waals surface area contributed by atoms with Crippen LogP contribution in [0.4, 0.5) is 0 Å². The average molecular weight is 391 g/mol. The second-order valence-electron chi connectivity index (χ2n) is 6.69. The molecule has 0 saturated carbocycles. The molecule has 0 aliphatic rings. The first kappa shape index (κ1) is 23.9. The molecule has 1 atom stereocenters. The molecule has 0 fully saturated rings. The molecule has 1 aromatic carbocycles. The van der Waals surface area contributed by atoms with E-state index in [0.29, 0.717) is 31.7 Å². The Hall–Kier alpha value is -1.11. The van der Waals surface area contributed by atoms with Gasteiger partial charge in [0.05, 0.1) is 5.75 Å². The number of nitrogens with two attached hydrogens (primary N) is 1. The first-order chi connectivity index (χ1) is 11.2. The molecule has 1 aromatic rings. The van der Waals surface area contributed by atoms with E-state index in [2.05, 4.69) is 0 Å². The number of amides is 1. The summed E-state index contributed by atoms with van der Waals surface area (Å²) in [4.78, 5) is 13.5. The van der Waals surface area contributed by atoms with E-state index in [9.17, 15) is 13.2 Å². The molecule has 1 amide bonds. The number of nitrogens with zero attached hydrogens (tertiary/aromatic N) is 1. The Balaban J connectivity index is 0.00000576. The van der Waals surface area contributed by atoms with E-state index in [4.69, 9.17) is 5.73 Å². The van der Waals surface area contributed by atoms with E-state index in [1.54, 1.807) is 7.05 Å². The highest BCUT2D eigenvalue weighted by molar-refractivity contribution is 7.92. The average Bonchev–Trinajstić information content (AvgIpc) is 2.52. The van der Waals surface area contributed by atoms with Crippen LogP contribution in [0.15, 0.2) is 30.3 Å². The maximum absolute atomic E-state index is 12.1. The SMILES string of the molecule is CC(C)C(N)CCN(C)C(=O)CS(=O)(=O)CCCc1ccccc1.Cl. The second kappa shape index (κ2) is 11.5. The van der Waals surface area contributed by atoms with Crippen molar-refractivity contribution >= 4 is 28.2 Å². The van der Waals surface area contributed by atoms with Gasteiger partial charge in [-0.15, -0.1) is 12.4 Å². The van der Waals surface area contributed by atoms with Crippen molar-refractivity contribution in [3.05, 3.63) is 35.9 Å². The van der Waals surface area contributed by atoms with Crippen LogP contribution in [0.2, 0.25) is 0 Å². The van der Waals surface area contributed by atoms with Gasteiger partial charge in [0.1, 0.15) is 5.75 Å². The number of hydrogen-bond donors (Lipinski definition) is 1. The normalized spacial score (nSPS) is 12.5. The molecule has 1 rings (SSSR count). The van der Waals surface area contributed by atoms with Crippen LogP contribution in [-0.4, -0.2) is 50.4 Å². The summed E-state index contributed by atoms with van der Waals surface area (Å²) in [5.74, 6) is -0.400. The zero-order valence-electron chi connectivity index (χ0n) is 15.3. The quantitative estimate of drug-likeness (QED) is 0.664. The molecular formula is C18H31ClN2O3S. The van der Waals surface area contributed by atoms with Crippen molar-refractivity contribution in [2.45, 2.75) is 39.2 Å². The molecule has 1 unspecified atom stereocenters. The highest BCUT2D eigenvalue weighted by atomic mass is 35.5. The minimum Gasteiger partial charge on any atom is -0.345 e. The van der Waals surface area contributed by atoms with Gasteiger partial charge in [0, 0.05) is 19.6 Å². The highest BCUT2D eigenvalue weighted by Gasteiger charge is 2.20. The predicted molar refractivity (Wildman–Crippen MR) is 106 cm³/mol. The number of sulfone groups is 1. The lowest BCUT2D eigenvalue weighted by Crippen LogP contribution is -2.37. The fourth-order valence-electron chi connectivity index (χ4n) is 2.31. The molecule has 0 aromatic heterocycles. The van der Waals surface area contributed by atoms with Gasteiger partial charge in [-0.25, -0.2) is 8.42 Å². The molecule has 0 saturated heterocycles. The molecule has 2 N–H and O–H groups in total. The predicted octanol–water partition coefficient (Wildman–Crippen LogP) is 2.29. The molecule has 0 heterocycles. The van der Waals surface area contributed by atoms with Gasteiger partial charge in [0.2, 0.25) is 5.91 Å². The third-order valence-corrected chi connectivity index (χ3v) is 5.78. The summed E-state index contributed by atoms with van der Waals surface area (Å²) in [6.45, 7) is 4.55. The van der Waals surface area contributed by atoms with Gasteiger partial charge in [0.25, 0.3) is 0 Å². The molecule has 25 heavy (non-hydrogen) atoms. The minimum atomic E-state index is -3.37. The van der Waals surface area contributed by atoms with Crippen LogP contribution in [0, 0.1) is 5.92 Å². The number of halogens is 1. The Labute approximate surface area is 158 Å². The maximum Gasteiger partial charge on any atom is 0.237 e. The number of carbonyl (C=O) groups is 1. The molecule has 0 aliphatic carbocycles. The van der Waals surface area contributed by atoms with Crippen molar-refractivity contribution in [2.24, 2.45) is 11.7 Å². The van der Waals surface area contributed by atoms with Gasteiger partial charge in [-0.3, -0.25) is 4.79 Å². The van der Waals surface area contributed by atoms with Crippen molar-refractivity contribution in [3.63, 3.8) is 0 Å². The lowest BCUT2D eigenvalue weighted by molar-refractivity contribution is -0.127. The van der Waals surface area contributed by atoms with E-state index in [0.717, 1.165) is 5.56 Å². The number of rotatable bonds is 10. The van der Waals surface area contributed by atoms with Crippen LogP contribution in [0.1, 0.15) is 32.3 Å². The molecule has 0 radical (unpaired) electrons. The minimum absolute atomic E-state index is 0. The van der Waals surface area contributed by atoms with Crippen molar-refractivity contribution < 1.29 is 13.2 Å². The molecule has 0 bridgehead atoms. The summed E-state index contributed by atoms with van der Waals surface area (Å²) in [5, 5.41) is 0. The number of carbonyl (C=O) groups excluding carboxylic acids is 1. The molecule has 5 nitrogen and oxygen atoms in total. The van der Waals surface area contributed by atoms with Crippen LogP contribution in [0.5, 0.6) is 0 Å². The topological polar surface area (TPSA) is 80.5 Å². The number of aryl methyl sites for hydroxylation is 1.